The third-order valence-electron chi connectivity index (χ3n) is 3.65. The largest absolute Gasteiger partial charge is 0.401 e. The van der Waals surface area contributed by atoms with E-state index in [1.807, 2.05) is 0 Å². The number of anilines is 1. The Hall–Kier alpha value is -2.41. The van der Waals surface area contributed by atoms with Crippen molar-refractivity contribution in [1.29, 1.82) is 5.26 Å². The van der Waals surface area contributed by atoms with Crippen LogP contribution in [0.15, 0.2) is 12.3 Å². The molecule has 1 fully saturated rings. The van der Waals surface area contributed by atoms with Gasteiger partial charge in [0, 0.05) is 31.9 Å². The van der Waals surface area contributed by atoms with Crippen molar-refractivity contribution in [2.75, 3.05) is 31.1 Å². The van der Waals surface area contributed by atoms with Gasteiger partial charge < -0.3 is 4.90 Å². The number of alkyl halides is 3. The minimum absolute atomic E-state index is 0.0209. The minimum atomic E-state index is -4.29. The van der Waals surface area contributed by atoms with Gasteiger partial charge in [-0.25, -0.2) is 4.98 Å². The Kier molecular flexibility index (Phi) is 4.70. The first-order valence-corrected chi connectivity index (χ1v) is 6.82. The molecule has 2 rings (SSSR count). The monoisotopic (exact) mass is 329 g/mol. The highest BCUT2D eigenvalue weighted by Gasteiger charge is 2.36. The summed E-state index contributed by atoms with van der Waals surface area (Å²) in [5.74, 6) is 0.0209. The summed E-state index contributed by atoms with van der Waals surface area (Å²) in [5, 5.41) is 20.2. The molecule has 0 spiro atoms. The third kappa shape index (κ3) is 3.87. The number of nitro groups is 1. The second-order valence-corrected chi connectivity index (χ2v) is 5.28. The molecule has 1 aromatic rings. The van der Waals surface area contributed by atoms with Gasteiger partial charge in [0.15, 0.2) is 0 Å². The number of pyridine rings is 1. The molecule has 0 radical (unpaired) electrons. The van der Waals surface area contributed by atoms with Crippen LogP contribution in [0.2, 0.25) is 0 Å². The SMILES string of the molecule is CC1CN(c2nccc(C#N)c2[N+](=O)[O-])CCN1CC(F)(F)F. The second kappa shape index (κ2) is 6.37. The van der Waals surface area contributed by atoms with Gasteiger partial charge in [-0.1, -0.05) is 0 Å². The van der Waals surface area contributed by atoms with Gasteiger partial charge in [0.1, 0.15) is 11.6 Å². The highest BCUT2D eigenvalue weighted by molar-refractivity contribution is 5.65. The molecular formula is C13H14F3N5O2. The van der Waals surface area contributed by atoms with Crippen molar-refractivity contribution in [3.8, 4) is 6.07 Å². The van der Waals surface area contributed by atoms with Crippen LogP contribution in [0.5, 0.6) is 0 Å². The molecule has 7 nitrogen and oxygen atoms in total. The van der Waals surface area contributed by atoms with E-state index in [0.29, 0.717) is 0 Å². The zero-order valence-corrected chi connectivity index (χ0v) is 12.2. The van der Waals surface area contributed by atoms with Crippen LogP contribution < -0.4 is 4.90 Å². The number of nitrogens with zero attached hydrogens (tertiary/aromatic N) is 5. The molecule has 1 aliphatic heterocycles. The number of hydrogen-bond acceptors (Lipinski definition) is 6. The molecular weight excluding hydrogens is 315 g/mol. The Bertz CT molecular complexity index is 643. The van der Waals surface area contributed by atoms with Crippen LogP contribution in [0.25, 0.3) is 0 Å². The van der Waals surface area contributed by atoms with Crippen LogP contribution >= 0.6 is 0 Å². The molecule has 0 aromatic carbocycles. The Morgan fingerprint density at radius 2 is 2.22 bits per heavy atom. The number of piperazine rings is 1. The Morgan fingerprint density at radius 1 is 1.52 bits per heavy atom. The third-order valence-corrected chi connectivity index (χ3v) is 3.65. The van der Waals surface area contributed by atoms with E-state index in [1.165, 1.54) is 17.2 Å². The molecule has 124 valence electrons. The summed E-state index contributed by atoms with van der Waals surface area (Å²) >= 11 is 0. The second-order valence-electron chi connectivity index (χ2n) is 5.28. The lowest BCUT2D eigenvalue weighted by molar-refractivity contribution is -0.384. The normalized spacial score (nSPS) is 19.4. The predicted molar refractivity (Wildman–Crippen MR) is 74.9 cm³/mol. The fraction of sp³-hybridized carbons (Fsp3) is 0.538. The number of hydrogen-bond donors (Lipinski definition) is 0. The summed E-state index contributed by atoms with van der Waals surface area (Å²) in [6.45, 7) is 1.05. The van der Waals surface area contributed by atoms with Crippen molar-refractivity contribution in [2.45, 2.75) is 19.1 Å². The summed E-state index contributed by atoms with van der Waals surface area (Å²) in [5.41, 5.74) is -0.531. The van der Waals surface area contributed by atoms with Crippen molar-refractivity contribution in [3.05, 3.63) is 27.9 Å². The first-order chi connectivity index (χ1) is 10.7. The lowest BCUT2D eigenvalue weighted by Crippen LogP contribution is -2.54. The van der Waals surface area contributed by atoms with Gasteiger partial charge >= 0.3 is 11.9 Å². The number of nitriles is 1. The number of aromatic nitrogens is 1. The quantitative estimate of drug-likeness (QED) is 0.622. The van der Waals surface area contributed by atoms with E-state index >= 15 is 0 Å². The van der Waals surface area contributed by atoms with E-state index in [-0.39, 0.29) is 31.0 Å². The van der Waals surface area contributed by atoms with Gasteiger partial charge in [0.25, 0.3) is 0 Å². The summed E-state index contributed by atoms with van der Waals surface area (Å²) in [7, 11) is 0. The standard InChI is InChI=1S/C13H14F3N5O2/c1-9-7-19(4-5-20(9)8-13(14,15)16)12-11(21(22)23)10(6-17)2-3-18-12/h2-3,9H,4-5,7-8H2,1H3. The number of halogens is 3. The Labute approximate surface area is 130 Å². The molecule has 2 heterocycles. The maximum Gasteiger partial charge on any atom is 0.401 e. The van der Waals surface area contributed by atoms with Crippen LogP contribution in [0, 0.1) is 21.4 Å². The first kappa shape index (κ1) is 17.0. The van der Waals surface area contributed by atoms with E-state index in [4.69, 9.17) is 5.26 Å². The molecule has 1 aromatic heterocycles. The minimum Gasteiger partial charge on any atom is -0.348 e. The molecule has 10 heteroatoms. The van der Waals surface area contributed by atoms with Gasteiger partial charge in [-0.3, -0.25) is 15.0 Å². The predicted octanol–water partition coefficient (Wildman–Crippen LogP) is 1.93. The van der Waals surface area contributed by atoms with Gasteiger partial charge in [0.05, 0.1) is 11.5 Å². The zero-order valence-electron chi connectivity index (χ0n) is 12.2. The van der Waals surface area contributed by atoms with E-state index < -0.39 is 29.4 Å². The fourth-order valence-electron chi connectivity index (χ4n) is 2.60. The average molecular weight is 329 g/mol. The molecule has 23 heavy (non-hydrogen) atoms. The lowest BCUT2D eigenvalue weighted by Gasteiger charge is -2.40. The molecule has 1 atom stereocenters. The van der Waals surface area contributed by atoms with Gasteiger partial charge in [-0.15, -0.1) is 0 Å². The molecule has 0 amide bonds. The summed E-state index contributed by atoms with van der Waals surface area (Å²) in [6.07, 6.45) is -3.00. The van der Waals surface area contributed by atoms with Crippen LogP contribution in [0.3, 0.4) is 0 Å². The van der Waals surface area contributed by atoms with Crippen LogP contribution in [-0.2, 0) is 0 Å². The highest BCUT2D eigenvalue weighted by Crippen LogP contribution is 2.31. The van der Waals surface area contributed by atoms with Crippen molar-refractivity contribution in [2.24, 2.45) is 0 Å². The van der Waals surface area contributed by atoms with E-state index in [2.05, 4.69) is 4.98 Å². The topological polar surface area (TPSA) is 86.3 Å². The fourth-order valence-corrected chi connectivity index (χ4v) is 2.60. The Morgan fingerprint density at radius 3 is 2.74 bits per heavy atom. The molecule has 0 N–H and O–H groups in total. The molecule has 1 saturated heterocycles. The maximum atomic E-state index is 12.5. The average Bonchev–Trinajstić information content (AvgIpc) is 2.47. The Balaban J connectivity index is 2.23. The van der Waals surface area contributed by atoms with Gasteiger partial charge in [-0.2, -0.15) is 18.4 Å². The molecule has 1 unspecified atom stereocenters. The van der Waals surface area contributed by atoms with Crippen LogP contribution in [0.1, 0.15) is 12.5 Å². The highest BCUT2D eigenvalue weighted by atomic mass is 19.4. The summed E-state index contributed by atoms with van der Waals surface area (Å²) in [4.78, 5) is 17.3. The van der Waals surface area contributed by atoms with Crippen molar-refractivity contribution in [3.63, 3.8) is 0 Å². The van der Waals surface area contributed by atoms with E-state index in [0.717, 1.165) is 0 Å². The smallest absolute Gasteiger partial charge is 0.348 e. The molecule has 0 saturated carbocycles. The van der Waals surface area contributed by atoms with Crippen molar-refractivity contribution < 1.29 is 18.1 Å². The molecule has 1 aliphatic rings. The molecule has 0 aliphatic carbocycles. The summed E-state index contributed by atoms with van der Waals surface area (Å²) < 4.78 is 37.5. The maximum absolute atomic E-state index is 12.5. The lowest BCUT2D eigenvalue weighted by atomic mass is 10.1. The first-order valence-electron chi connectivity index (χ1n) is 6.82. The number of rotatable bonds is 3. The summed E-state index contributed by atoms with van der Waals surface area (Å²) in [6, 6.07) is 2.53. The van der Waals surface area contributed by atoms with Gasteiger partial charge in [0.2, 0.25) is 5.82 Å². The zero-order chi connectivity index (χ0) is 17.2. The van der Waals surface area contributed by atoms with Crippen molar-refractivity contribution in [1.82, 2.24) is 9.88 Å². The van der Waals surface area contributed by atoms with Crippen LogP contribution in [-0.4, -0.2) is 53.2 Å². The van der Waals surface area contributed by atoms with E-state index in [1.54, 1.807) is 17.9 Å². The van der Waals surface area contributed by atoms with Gasteiger partial charge in [-0.05, 0) is 13.0 Å². The van der Waals surface area contributed by atoms with E-state index in [9.17, 15) is 23.3 Å². The van der Waals surface area contributed by atoms with Crippen molar-refractivity contribution >= 4 is 11.5 Å². The van der Waals surface area contributed by atoms with Crippen LogP contribution in [0.4, 0.5) is 24.7 Å². The molecule has 0 bridgehead atoms.